The van der Waals surface area contributed by atoms with Crippen LogP contribution in [0.1, 0.15) is 17.2 Å². The number of halogens is 3. The fourth-order valence-corrected chi connectivity index (χ4v) is 3.24. The van der Waals surface area contributed by atoms with Crippen LogP contribution in [-0.4, -0.2) is 7.05 Å². The largest absolute Gasteiger partial charge is 0.313 e. The van der Waals surface area contributed by atoms with Crippen LogP contribution >= 0.6 is 38.9 Å². The molecule has 5 heteroatoms. The molecule has 18 heavy (non-hydrogen) atoms. The summed E-state index contributed by atoms with van der Waals surface area (Å²) in [6, 6.07) is 6.79. The zero-order chi connectivity index (χ0) is 13.1. The zero-order valence-electron chi connectivity index (χ0n) is 9.71. The van der Waals surface area contributed by atoms with Crippen LogP contribution in [0.4, 0.5) is 4.39 Å². The predicted octanol–water partition coefficient (Wildman–Crippen LogP) is 4.81. The van der Waals surface area contributed by atoms with Crippen molar-refractivity contribution in [3.8, 4) is 0 Å². The van der Waals surface area contributed by atoms with Crippen LogP contribution in [-0.2, 0) is 6.42 Å². The highest BCUT2D eigenvalue weighted by Gasteiger charge is 2.14. The Morgan fingerprint density at radius 2 is 2.22 bits per heavy atom. The molecule has 0 radical (unpaired) electrons. The SMILES string of the molecule is CNC(Cc1cc(Cl)ccc1F)c1csc(Br)c1. The highest BCUT2D eigenvalue weighted by atomic mass is 79.9. The molecule has 1 N–H and O–H groups in total. The standard InChI is InChI=1S/C13H12BrClFNS/c1-17-12(9-6-13(14)18-7-9)5-8-4-10(15)2-3-11(8)16/h2-4,6-7,12,17H,5H2,1H3. The van der Waals surface area contributed by atoms with Crippen molar-refractivity contribution in [2.75, 3.05) is 7.05 Å². The van der Waals surface area contributed by atoms with Crippen LogP contribution in [0.2, 0.25) is 5.02 Å². The number of thiophene rings is 1. The summed E-state index contributed by atoms with van der Waals surface area (Å²) < 4.78 is 14.8. The Morgan fingerprint density at radius 1 is 1.44 bits per heavy atom. The van der Waals surface area contributed by atoms with Gasteiger partial charge in [0.25, 0.3) is 0 Å². The quantitative estimate of drug-likeness (QED) is 0.836. The molecule has 1 aromatic carbocycles. The third kappa shape index (κ3) is 3.32. The van der Waals surface area contributed by atoms with Gasteiger partial charge in [0.05, 0.1) is 3.79 Å². The minimum absolute atomic E-state index is 0.0838. The third-order valence-corrected chi connectivity index (χ3v) is 4.53. The number of benzene rings is 1. The van der Waals surface area contributed by atoms with Crippen LogP contribution in [0.25, 0.3) is 0 Å². The first-order valence-corrected chi connectivity index (χ1v) is 7.50. The minimum Gasteiger partial charge on any atom is -0.313 e. The summed E-state index contributed by atoms with van der Waals surface area (Å²) >= 11 is 11.0. The average Bonchev–Trinajstić information content (AvgIpc) is 2.77. The first kappa shape index (κ1) is 14.0. The molecular formula is C13H12BrClFNS. The number of hydrogen-bond donors (Lipinski definition) is 1. The van der Waals surface area contributed by atoms with E-state index in [0.717, 1.165) is 9.35 Å². The lowest BCUT2D eigenvalue weighted by Crippen LogP contribution is -2.18. The van der Waals surface area contributed by atoms with Crippen molar-refractivity contribution < 1.29 is 4.39 Å². The molecular weight excluding hydrogens is 337 g/mol. The van der Waals surface area contributed by atoms with Crippen LogP contribution < -0.4 is 5.32 Å². The molecule has 0 fully saturated rings. The first-order valence-electron chi connectivity index (χ1n) is 5.45. The summed E-state index contributed by atoms with van der Waals surface area (Å²) in [5, 5.41) is 5.83. The van der Waals surface area contributed by atoms with E-state index in [2.05, 4.69) is 26.6 Å². The molecule has 0 saturated carbocycles. The summed E-state index contributed by atoms with van der Waals surface area (Å²) in [5.41, 5.74) is 1.78. The molecule has 1 heterocycles. The molecule has 1 atom stereocenters. The Balaban J connectivity index is 2.22. The molecule has 0 aliphatic rings. The van der Waals surface area contributed by atoms with Crippen molar-refractivity contribution >= 4 is 38.9 Å². The number of likely N-dealkylation sites (N-methyl/N-ethyl adjacent to an activating group) is 1. The molecule has 1 nitrogen and oxygen atoms in total. The van der Waals surface area contributed by atoms with Crippen molar-refractivity contribution in [1.29, 1.82) is 0 Å². The molecule has 1 unspecified atom stereocenters. The highest BCUT2D eigenvalue weighted by Crippen LogP contribution is 2.28. The van der Waals surface area contributed by atoms with E-state index >= 15 is 0 Å². The third-order valence-electron chi connectivity index (χ3n) is 2.77. The molecule has 0 aliphatic heterocycles. The Bertz CT molecular complexity index is 544. The second-order valence-corrected chi connectivity index (χ2v) is 6.69. The van der Waals surface area contributed by atoms with Crippen LogP contribution in [0.3, 0.4) is 0 Å². The van der Waals surface area contributed by atoms with Crippen LogP contribution in [0.15, 0.2) is 33.4 Å². The van der Waals surface area contributed by atoms with Crippen molar-refractivity contribution in [2.45, 2.75) is 12.5 Å². The monoisotopic (exact) mass is 347 g/mol. The van der Waals surface area contributed by atoms with Crippen molar-refractivity contribution in [1.82, 2.24) is 5.32 Å². The summed E-state index contributed by atoms with van der Waals surface area (Å²) in [4.78, 5) is 0. The van der Waals surface area contributed by atoms with Gasteiger partial charge in [-0.15, -0.1) is 11.3 Å². The van der Waals surface area contributed by atoms with E-state index in [1.54, 1.807) is 23.5 Å². The predicted molar refractivity (Wildman–Crippen MR) is 78.9 cm³/mol. The fraction of sp³-hybridized carbons (Fsp3) is 0.231. The van der Waals surface area contributed by atoms with Gasteiger partial charge in [-0.1, -0.05) is 11.6 Å². The van der Waals surface area contributed by atoms with Crippen LogP contribution in [0.5, 0.6) is 0 Å². The maximum absolute atomic E-state index is 13.7. The Labute approximate surface area is 123 Å². The van der Waals surface area contributed by atoms with Gasteiger partial charge in [-0.25, -0.2) is 4.39 Å². The molecule has 0 amide bonds. The van der Waals surface area contributed by atoms with Gasteiger partial charge in [-0.2, -0.15) is 0 Å². The Hall–Kier alpha value is -0.420. The van der Waals surface area contributed by atoms with Gasteiger partial charge < -0.3 is 5.32 Å². The molecule has 2 rings (SSSR count). The van der Waals surface area contributed by atoms with Crippen molar-refractivity contribution in [3.63, 3.8) is 0 Å². The lowest BCUT2D eigenvalue weighted by atomic mass is 10.0. The van der Waals surface area contributed by atoms with Crippen molar-refractivity contribution in [3.05, 3.63) is 55.4 Å². The van der Waals surface area contributed by atoms with Gasteiger partial charge in [0, 0.05) is 11.1 Å². The molecule has 2 aromatic rings. The van der Waals surface area contributed by atoms with E-state index in [4.69, 9.17) is 11.6 Å². The molecule has 0 saturated heterocycles. The highest BCUT2D eigenvalue weighted by molar-refractivity contribution is 9.11. The van der Waals surface area contributed by atoms with E-state index in [0.29, 0.717) is 17.0 Å². The van der Waals surface area contributed by atoms with Crippen molar-refractivity contribution in [2.24, 2.45) is 0 Å². The molecule has 1 aromatic heterocycles. The number of nitrogens with one attached hydrogen (secondary N) is 1. The number of hydrogen-bond acceptors (Lipinski definition) is 2. The van der Waals surface area contributed by atoms with E-state index in [-0.39, 0.29) is 11.9 Å². The first-order chi connectivity index (χ1) is 8.60. The van der Waals surface area contributed by atoms with Gasteiger partial charge in [0.1, 0.15) is 5.82 Å². The maximum atomic E-state index is 13.7. The molecule has 0 spiro atoms. The smallest absolute Gasteiger partial charge is 0.126 e. The average molecular weight is 349 g/mol. The zero-order valence-corrected chi connectivity index (χ0v) is 12.9. The van der Waals surface area contributed by atoms with Crippen LogP contribution in [0, 0.1) is 5.82 Å². The minimum atomic E-state index is -0.214. The van der Waals surface area contributed by atoms with E-state index < -0.39 is 0 Å². The van der Waals surface area contributed by atoms with Gasteiger partial charge in [0.2, 0.25) is 0 Å². The lowest BCUT2D eigenvalue weighted by Gasteiger charge is -2.15. The number of rotatable bonds is 4. The summed E-state index contributed by atoms with van der Waals surface area (Å²) in [6.45, 7) is 0. The molecule has 96 valence electrons. The second-order valence-electron chi connectivity index (χ2n) is 3.97. The van der Waals surface area contributed by atoms with Gasteiger partial charge in [-0.05, 0) is 70.2 Å². The fourth-order valence-electron chi connectivity index (χ4n) is 1.81. The topological polar surface area (TPSA) is 12.0 Å². The lowest BCUT2D eigenvalue weighted by molar-refractivity contribution is 0.555. The van der Waals surface area contributed by atoms with Gasteiger partial charge >= 0.3 is 0 Å². The van der Waals surface area contributed by atoms with E-state index in [1.807, 2.05) is 13.1 Å². The second kappa shape index (κ2) is 6.15. The Kier molecular flexibility index (Phi) is 4.78. The normalized spacial score (nSPS) is 12.7. The van der Waals surface area contributed by atoms with Gasteiger partial charge in [-0.3, -0.25) is 0 Å². The summed E-state index contributed by atoms with van der Waals surface area (Å²) in [7, 11) is 1.87. The van der Waals surface area contributed by atoms with E-state index in [9.17, 15) is 4.39 Å². The summed E-state index contributed by atoms with van der Waals surface area (Å²) in [6.07, 6.45) is 0.575. The van der Waals surface area contributed by atoms with E-state index in [1.165, 1.54) is 6.07 Å². The maximum Gasteiger partial charge on any atom is 0.126 e. The Morgan fingerprint density at radius 3 is 2.83 bits per heavy atom. The van der Waals surface area contributed by atoms with Gasteiger partial charge in [0.15, 0.2) is 0 Å². The summed E-state index contributed by atoms with van der Waals surface area (Å²) in [5.74, 6) is -0.214. The molecule has 0 bridgehead atoms. The molecule has 0 aliphatic carbocycles.